The van der Waals surface area contributed by atoms with Crippen LogP contribution in [0.4, 0.5) is 0 Å². The minimum Gasteiger partial charge on any atom is -0.296 e. The first-order valence-corrected chi connectivity index (χ1v) is 17.7. The molecule has 0 aromatic heterocycles. The Kier molecular flexibility index (Phi) is 10.2. The van der Waals surface area contributed by atoms with Gasteiger partial charge in [-0.25, -0.2) is 0 Å². The molecule has 4 atom stereocenters. The number of piperazine rings is 1. The standard InChI is InChI=1S/C34H64N4/c1-5-15-29-30(16-6-2)33(29,35-27-19-11-9-12-20-27)37-23-25-38(26-24-37)34(36-28-21-13-10-14-22-28)31(17-7-3)32(34)18-8-4/h27-32,35-36H,5-26H2,1-4H3. The van der Waals surface area contributed by atoms with Crippen LogP contribution in [0.3, 0.4) is 0 Å². The maximum Gasteiger partial charge on any atom is 0.0781 e. The topological polar surface area (TPSA) is 30.5 Å². The Hall–Kier alpha value is -0.160. The van der Waals surface area contributed by atoms with Crippen LogP contribution in [0, 0.1) is 23.7 Å². The van der Waals surface area contributed by atoms with Gasteiger partial charge in [0.05, 0.1) is 11.3 Å². The van der Waals surface area contributed by atoms with Crippen molar-refractivity contribution in [3.05, 3.63) is 0 Å². The average molecular weight is 529 g/mol. The molecule has 4 nitrogen and oxygen atoms in total. The largest absolute Gasteiger partial charge is 0.296 e. The molecule has 0 radical (unpaired) electrons. The molecule has 4 saturated carbocycles. The van der Waals surface area contributed by atoms with Gasteiger partial charge in [0, 0.05) is 38.3 Å². The third-order valence-electron chi connectivity index (χ3n) is 11.8. The molecule has 0 spiro atoms. The first-order chi connectivity index (χ1) is 18.6. The maximum atomic E-state index is 4.43. The highest BCUT2D eigenvalue weighted by atomic mass is 15.5. The van der Waals surface area contributed by atoms with Crippen LogP contribution in [0.15, 0.2) is 0 Å². The summed E-state index contributed by atoms with van der Waals surface area (Å²) in [7, 11) is 0. The van der Waals surface area contributed by atoms with Crippen molar-refractivity contribution < 1.29 is 0 Å². The van der Waals surface area contributed by atoms with E-state index in [9.17, 15) is 0 Å². The second kappa shape index (κ2) is 13.2. The van der Waals surface area contributed by atoms with E-state index in [2.05, 4.69) is 48.1 Å². The van der Waals surface area contributed by atoms with Crippen LogP contribution >= 0.6 is 0 Å². The van der Waals surface area contributed by atoms with Crippen molar-refractivity contribution in [1.82, 2.24) is 20.4 Å². The molecule has 4 unspecified atom stereocenters. The molecule has 0 aromatic rings. The molecule has 38 heavy (non-hydrogen) atoms. The fourth-order valence-electron chi connectivity index (χ4n) is 10.1. The summed E-state index contributed by atoms with van der Waals surface area (Å²) in [5, 5.41) is 8.86. The first kappa shape index (κ1) is 29.3. The third kappa shape index (κ3) is 5.64. The van der Waals surface area contributed by atoms with E-state index in [0.29, 0.717) is 11.3 Å². The first-order valence-electron chi connectivity index (χ1n) is 17.7. The van der Waals surface area contributed by atoms with Gasteiger partial charge in [-0.15, -0.1) is 0 Å². The van der Waals surface area contributed by atoms with Crippen molar-refractivity contribution in [3.8, 4) is 0 Å². The van der Waals surface area contributed by atoms with Crippen molar-refractivity contribution >= 4 is 0 Å². The van der Waals surface area contributed by atoms with Crippen molar-refractivity contribution in [1.29, 1.82) is 0 Å². The summed E-state index contributed by atoms with van der Waals surface area (Å²) in [4.78, 5) is 6.00. The zero-order valence-electron chi connectivity index (χ0n) is 25.9. The van der Waals surface area contributed by atoms with Crippen LogP contribution in [0.1, 0.15) is 143 Å². The monoisotopic (exact) mass is 529 g/mol. The lowest BCUT2D eigenvalue weighted by Gasteiger charge is -2.47. The molecular weight excluding hydrogens is 464 g/mol. The molecule has 4 heteroatoms. The van der Waals surface area contributed by atoms with E-state index in [4.69, 9.17) is 0 Å². The van der Waals surface area contributed by atoms with Gasteiger partial charge in [0.25, 0.3) is 0 Å². The van der Waals surface area contributed by atoms with E-state index in [0.717, 1.165) is 35.8 Å². The van der Waals surface area contributed by atoms with Crippen LogP contribution in [-0.2, 0) is 0 Å². The summed E-state index contributed by atoms with van der Waals surface area (Å²) in [6, 6.07) is 1.52. The van der Waals surface area contributed by atoms with Gasteiger partial charge in [-0.3, -0.25) is 20.4 Å². The minimum absolute atomic E-state index is 0.305. The van der Waals surface area contributed by atoms with Crippen LogP contribution < -0.4 is 10.6 Å². The third-order valence-corrected chi connectivity index (χ3v) is 11.8. The molecule has 1 saturated heterocycles. The average Bonchev–Trinajstić information content (AvgIpc) is 3.77. The highest BCUT2D eigenvalue weighted by molar-refractivity contribution is 5.21. The lowest BCUT2D eigenvalue weighted by atomic mass is 9.94. The quantitative estimate of drug-likeness (QED) is 0.244. The van der Waals surface area contributed by atoms with Gasteiger partial charge < -0.3 is 0 Å². The normalized spacial score (nSPS) is 39.5. The lowest BCUT2D eigenvalue weighted by molar-refractivity contribution is -0.00141. The van der Waals surface area contributed by atoms with Crippen molar-refractivity contribution in [3.63, 3.8) is 0 Å². The minimum atomic E-state index is 0.305. The molecule has 2 N–H and O–H groups in total. The molecule has 0 aromatic carbocycles. The zero-order valence-corrected chi connectivity index (χ0v) is 25.9. The van der Waals surface area contributed by atoms with Gasteiger partial charge >= 0.3 is 0 Å². The van der Waals surface area contributed by atoms with E-state index in [-0.39, 0.29) is 0 Å². The molecule has 4 aliphatic carbocycles. The summed E-state index contributed by atoms with van der Waals surface area (Å²) in [6.07, 6.45) is 25.3. The SMILES string of the molecule is CCCC1C(CCC)C1(NC1CCCCC1)N1CCN(C2(NC3CCCCC3)C(CCC)C2CCC)CC1. The number of nitrogens with zero attached hydrogens (tertiary/aromatic N) is 2. The van der Waals surface area contributed by atoms with Gasteiger partial charge in [-0.2, -0.15) is 0 Å². The summed E-state index contributed by atoms with van der Waals surface area (Å²) in [5.74, 6) is 3.49. The second-order valence-corrected chi connectivity index (χ2v) is 14.2. The highest BCUT2D eigenvalue weighted by Gasteiger charge is 2.69. The Morgan fingerprint density at radius 3 is 1.03 bits per heavy atom. The van der Waals surface area contributed by atoms with E-state index in [1.807, 2.05) is 0 Å². The van der Waals surface area contributed by atoms with Crippen LogP contribution in [0.2, 0.25) is 0 Å². The number of nitrogens with one attached hydrogen (secondary N) is 2. The summed E-state index contributed by atoms with van der Waals surface area (Å²) < 4.78 is 0. The fourth-order valence-corrected chi connectivity index (χ4v) is 10.1. The van der Waals surface area contributed by atoms with E-state index >= 15 is 0 Å². The van der Waals surface area contributed by atoms with Crippen LogP contribution in [0.25, 0.3) is 0 Å². The Balaban J connectivity index is 1.32. The van der Waals surface area contributed by atoms with E-state index in [1.54, 1.807) is 0 Å². The Morgan fingerprint density at radius 2 is 0.763 bits per heavy atom. The lowest BCUT2D eigenvalue weighted by Crippen LogP contribution is -2.65. The Labute approximate surface area is 236 Å². The van der Waals surface area contributed by atoms with Crippen molar-refractivity contribution in [2.45, 2.75) is 167 Å². The summed E-state index contributed by atoms with van der Waals surface area (Å²) >= 11 is 0. The number of hydrogen-bond donors (Lipinski definition) is 2. The Bertz CT molecular complexity index is 619. The van der Waals surface area contributed by atoms with E-state index in [1.165, 1.54) is 142 Å². The molecular formula is C34H64N4. The van der Waals surface area contributed by atoms with Gasteiger partial charge in [-0.05, 0) is 75.0 Å². The van der Waals surface area contributed by atoms with Crippen molar-refractivity contribution in [2.24, 2.45) is 23.7 Å². The van der Waals surface area contributed by atoms with Crippen molar-refractivity contribution in [2.75, 3.05) is 26.2 Å². The molecule has 220 valence electrons. The molecule has 1 aliphatic heterocycles. The van der Waals surface area contributed by atoms with Crippen LogP contribution in [-0.4, -0.2) is 59.4 Å². The van der Waals surface area contributed by atoms with Gasteiger partial charge in [0.15, 0.2) is 0 Å². The molecule has 5 aliphatic rings. The van der Waals surface area contributed by atoms with E-state index < -0.39 is 0 Å². The van der Waals surface area contributed by atoms with Gasteiger partial charge in [-0.1, -0.05) is 91.9 Å². The molecule has 1 heterocycles. The molecule has 0 amide bonds. The predicted octanol–water partition coefficient (Wildman–Crippen LogP) is 7.53. The van der Waals surface area contributed by atoms with Crippen LogP contribution in [0.5, 0.6) is 0 Å². The Morgan fingerprint density at radius 1 is 0.474 bits per heavy atom. The second-order valence-electron chi connectivity index (χ2n) is 14.2. The smallest absolute Gasteiger partial charge is 0.0781 e. The summed E-state index contributed by atoms with van der Waals surface area (Å²) in [6.45, 7) is 14.7. The predicted molar refractivity (Wildman–Crippen MR) is 162 cm³/mol. The fraction of sp³-hybridized carbons (Fsp3) is 1.00. The number of hydrogen-bond acceptors (Lipinski definition) is 4. The molecule has 0 bridgehead atoms. The summed E-state index contributed by atoms with van der Waals surface area (Å²) in [5.41, 5.74) is 0.610. The molecule has 5 fully saturated rings. The van der Waals surface area contributed by atoms with Gasteiger partial charge in [0.2, 0.25) is 0 Å². The maximum absolute atomic E-state index is 4.43. The zero-order chi connectivity index (χ0) is 26.6. The molecule has 5 rings (SSSR count). The van der Waals surface area contributed by atoms with Gasteiger partial charge in [0.1, 0.15) is 0 Å². The highest BCUT2D eigenvalue weighted by Crippen LogP contribution is 2.61. The number of rotatable bonds is 14.